The van der Waals surface area contributed by atoms with E-state index in [2.05, 4.69) is 34.5 Å². The largest absolute Gasteiger partial charge is 0.338 e. The van der Waals surface area contributed by atoms with E-state index in [1.165, 1.54) is 11.1 Å². The third kappa shape index (κ3) is 5.94. The minimum absolute atomic E-state index is 0.0556. The summed E-state index contributed by atoms with van der Waals surface area (Å²) in [6.45, 7) is 8.17. The molecular weight excluding hydrogens is 382 g/mol. The normalized spacial score (nSPS) is 10.9. The van der Waals surface area contributed by atoms with Crippen molar-refractivity contribution < 1.29 is 9.32 Å². The monoisotopic (exact) mass is 409 g/mol. The molecule has 29 heavy (non-hydrogen) atoms. The number of carbonyl (C=O) groups is 1. The summed E-state index contributed by atoms with van der Waals surface area (Å²) in [6, 6.07) is 12.2. The number of hydrogen-bond donors (Lipinski definition) is 1. The lowest BCUT2D eigenvalue weighted by Gasteiger charge is -2.12. The van der Waals surface area contributed by atoms with Gasteiger partial charge in [0, 0.05) is 17.7 Å². The summed E-state index contributed by atoms with van der Waals surface area (Å²) < 4.78 is 5.33. The molecule has 0 fully saturated rings. The van der Waals surface area contributed by atoms with E-state index in [9.17, 15) is 4.79 Å². The Labute approximate surface area is 176 Å². The van der Waals surface area contributed by atoms with Gasteiger partial charge >= 0.3 is 0 Å². The molecular formula is C23H27N3O2S. The third-order valence-corrected chi connectivity index (χ3v) is 5.67. The van der Waals surface area contributed by atoms with Crippen molar-refractivity contribution in [1.82, 2.24) is 10.1 Å². The van der Waals surface area contributed by atoms with Crippen LogP contribution in [0.4, 0.5) is 5.69 Å². The maximum Gasteiger partial charge on any atom is 0.236 e. The predicted molar refractivity (Wildman–Crippen MR) is 119 cm³/mol. The van der Waals surface area contributed by atoms with Gasteiger partial charge in [-0.1, -0.05) is 52.7 Å². The molecule has 1 amide bonds. The zero-order valence-electron chi connectivity index (χ0n) is 17.4. The van der Waals surface area contributed by atoms with Crippen LogP contribution < -0.4 is 5.32 Å². The minimum Gasteiger partial charge on any atom is -0.338 e. The van der Waals surface area contributed by atoms with Crippen molar-refractivity contribution in [1.29, 1.82) is 0 Å². The van der Waals surface area contributed by atoms with E-state index in [0.717, 1.165) is 34.6 Å². The highest BCUT2D eigenvalue weighted by Gasteiger charge is 2.10. The number of thioether (sulfide) groups is 1. The van der Waals surface area contributed by atoms with Gasteiger partial charge in [0.1, 0.15) is 0 Å². The van der Waals surface area contributed by atoms with Gasteiger partial charge in [-0.15, -0.1) is 0 Å². The summed E-state index contributed by atoms with van der Waals surface area (Å²) in [4.78, 5) is 16.7. The first-order valence-electron chi connectivity index (χ1n) is 9.77. The molecule has 1 aromatic heterocycles. The highest BCUT2D eigenvalue weighted by molar-refractivity contribution is 7.98. The number of amides is 1. The smallest absolute Gasteiger partial charge is 0.236 e. The van der Waals surface area contributed by atoms with E-state index in [4.69, 9.17) is 4.52 Å². The molecule has 1 N–H and O–H groups in total. The first kappa shape index (κ1) is 21.1. The maximum absolute atomic E-state index is 12.3. The van der Waals surface area contributed by atoms with E-state index in [1.54, 1.807) is 11.8 Å². The average molecular weight is 410 g/mol. The van der Waals surface area contributed by atoms with Gasteiger partial charge in [-0.25, -0.2) is 0 Å². The number of nitrogens with zero attached hydrogens (tertiary/aromatic N) is 2. The second-order valence-electron chi connectivity index (χ2n) is 7.36. The lowest BCUT2D eigenvalue weighted by atomic mass is 10.0. The SMILES string of the molecule is Cc1ccc(-c2noc(CSCCCC(=O)Nc3c(C)cc(C)cc3C)n2)cc1. The lowest BCUT2D eigenvalue weighted by Crippen LogP contribution is -2.13. The topological polar surface area (TPSA) is 68.0 Å². The van der Waals surface area contributed by atoms with Gasteiger partial charge in [-0.2, -0.15) is 16.7 Å². The van der Waals surface area contributed by atoms with E-state index < -0.39 is 0 Å². The van der Waals surface area contributed by atoms with Gasteiger partial charge in [0.05, 0.1) is 5.75 Å². The molecule has 0 spiro atoms. The maximum atomic E-state index is 12.3. The Balaban J connectivity index is 1.40. The van der Waals surface area contributed by atoms with Crippen LogP contribution in [-0.4, -0.2) is 21.8 Å². The van der Waals surface area contributed by atoms with Crippen molar-refractivity contribution in [3.63, 3.8) is 0 Å². The summed E-state index contributed by atoms with van der Waals surface area (Å²) in [7, 11) is 0. The Morgan fingerprint density at radius 2 is 1.72 bits per heavy atom. The highest BCUT2D eigenvalue weighted by atomic mass is 32.2. The molecule has 1 heterocycles. The van der Waals surface area contributed by atoms with Crippen LogP contribution >= 0.6 is 11.8 Å². The Morgan fingerprint density at radius 1 is 1.03 bits per heavy atom. The Bertz CT molecular complexity index is 957. The van der Waals surface area contributed by atoms with Crippen molar-refractivity contribution in [2.45, 2.75) is 46.3 Å². The molecule has 0 bridgehead atoms. The van der Waals surface area contributed by atoms with E-state index in [1.807, 2.05) is 45.0 Å². The number of anilines is 1. The van der Waals surface area contributed by atoms with Crippen LogP contribution in [0.5, 0.6) is 0 Å². The van der Waals surface area contributed by atoms with Crippen molar-refractivity contribution >= 4 is 23.4 Å². The van der Waals surface area contributed by atoms with E-state index in [0.29, 0.717) is 23.9 Å². The van der Waals surface area contributed by atoms with Gasteiger partial charge < -0.3 is 9.84 Å². The number of nitrogens with one attached hydrogen (secondary N) is 1. The Kier molecular flexibility index (Phi) is 7.09. The molecule has 0 aliphatic heterocycles. The molecule has 3 rings (SSSR count). The van der Waals surface area contributed by atoms with Crippen molar-refractivity contribution in [2.75, 3.05) is 11.1 Å². The fourth-order valence-electron chi connectivity index (χ4n) is 3.21. The number of rotatable bonds is 8. The molecule has 6 heteroatoms. The summed E-state index contributed by atoms with van der Waals surface area (Å²) in [5.41, 5.74) is 6.50. The summed E-state index contributed by atoms with van der Waals surface area (Å²) >= 11 is 1.70. The highest BCUT2D eigenvalue weighted by Crippen LogP contribution is 2.23. The molecule has 2 aromatic carbocycles. The zero-order chi connectivity index (χ0) is 20.8. The summed E-state index contributed by atoms with van der Waals surface area (Å²) in [5.74, 6) is 2.79. The van der Waals surface area contributed by atoms with E-state index in [-0.39, 0.29) is 5.91 Å². The standard InChI is InChI=1S/C23H27N3O2S/c1-15-7-9-19(10-8-15)23-25-21(28-26-23)14-29-11-5-6-20(27)24-22-17(3)12-16(2)13-18(22)4/h7-10,12-13H,5-6,11,14H2,1-4H3,(H,24,27). The van der Waals surface area contributed by atoms with Crippen LogP contribution in [0.25, 0.3) is 11.4 Å². The molecule has 0 saturated carbocycles. The van der Waals surface area contributed by atoms with Gasteiger partial charge in [0.2, 0.25) is 17.6 Å². The zero-order valence-corrected chi connectivity index (χ0v) is 18.2. The molecule has 0 unspecified atom stereocenters. The third-order valence-electron chi connectivity index (χ3n) is 4.64. The number of hydrogen-bond acceptors (Lipinski definition) is 5. The lowest BCUT2D eigenvalue weighted by molar-refractivity contribution is -0.116. The molecule has 0 aliphatic carbocycles. The van der Waals surface area contributed by atoms with Crippen LogP contribution in [-0.2, 0) is 10.5 Å². The molecule has 3 aromatic rings. The molecule has 0 radical (unpaired) electrons. The number of aryl methyl sites for hydroxylation is 4. The summed E-state index contributed by atoms with van der Waals surface area (Å²) in [6.07, 6.45) is 1.30. The molecule has 0 aliphatic rings. The van der Waals surface area contributed by atoms with Gasteiger partial charge in [-0.3, -0.25) is 4.79 Å². The number of benzene rings is 2. The van der Waals surface area contributed by atoms with Crippen molar-refractivity contribution in [3.8, 4) is 11.4 Å². The fraction of sp³-hybridized carbons (Fsp3) is 0.348. The Morgan fingerprint density at radius 3 is 2.41 bits per heavy atom. The average Bonchev–Trinajstić information content (AvgIpc) is 3.14. The van der Waals surface area contributed by atoms with E-state index >= 15 is 0 Å². The number of aromatic nitrogens is 2. The van der Waals surface area contributed by atoms with Crippen LogP contribution in [0.2, 0.25) is 0 Å². The van der Waals surface area contributed by atoms with Crippen LogP contribution in [0, 0.1) is 27.7 Å². The van der Waals surface area contributed by atoms with Crippen molar-refractivity contribution in [2.24, 2.45) is 0 Å². The summed E-state index contributed by atoms with van der Waals surface area (Å²) in [5, 5.41) is 7.10. The predicted octanol–water partition coefficient (Wildman–Crippen LogP) is 5.62. The quantitative estimate of drug-likeness (QED) is 0.489. The molecule has 5 nitrogen and oxygen atoms in total. The second kappa shape index (κ2) is 9.74. The van der Waals surface area contributed by atoms with Crippen molar-refractivity contribution in [3.05, 3.63) is 64.5 Å². The van der Waals surface area contributed by atoms with Crippen LogP contribution in [0.15, 0.2) is 40.9 Å². The van der Waals surface area contributed by atoms with Gasteiger partial charge in [0.15, 0.2) is 0 Å². The fourth-order valence-corrected chi connectivity index (χ4v) is 3.99. The molecule has 0 atom stereocenters. The van der Waals surface area contributed by atoms with Crippen LogP contribution in [0.1, 0.15) is 41.0 Å². The number of carbonyl (C=O) groups excluding carboxylic acids is 1. The van der Waals surface area contributed by atoms with Gasteiger partial charge in [0.25, 0.3) is 0 Å². The van der Waals surface area contributed by atoms with Gasteiger partial charge in [-0.05, 0) is 51.0 Å². The first-order chi connectivity index (χ1) is 13.9. The molecule has 152 valence electrons. The van der Waals surface area contributed by atoms with Crippen LogP contribution in [0.3, 0.4) is 0 Å². The Hall–Kier alpha value is -2.60. The first-order valence-corrected chi connectivity index (χ1v) is 10.9. The molecule has 0 saturated heterocycles. The second-order valence-corrected chi connectivity index (χ2v) is 8.46. The minimum atomic E-state index is 0.0556.